The highest BCUT2D eigenvalue weighted by Gasteiger charge is 2.02. The van der Waals surface area contributed by atoms with Crippen molar-refractivity contribution in [3.05, 3.63) is 92.7 Å². The summed E-state index contributed by atoms with van der Waals surface area (Å²) in [5.74, 6) is 0.656. The molecule has 0 unspecified atom stereocenters. The number of thioether (sulfide) groups is 1. The molecule has 0 fully saturated rings. The van der Waals surface area contributed by atoms with Gasteiger partial charge in [0.2, 0.25) is 0 Å². The Morgan fingerprint density at radius 2 is 1.52 bits per heavy atom. The SMILES string of the molecule is CC(=O)CSc1ccccc1Cl.Cc1csc2c(Cl)cccc12.Sc1ccccc1Cl. The van der Waals surface area contributed by atoms with Crippen molar-refractivity contribution in [1.82, 2.24) is 0 Å². The first-order valence-corrected chi connectivity index (χ1v) is 12.7. The maximum Gasteiger partial charge on any atom is 0.140 e. The maximum absolute atomic E-state index is 10.7. The van der Waals surface area contributed by atoms with Crippen LogP contribution in [-0.2, 0) is 4.79 Å². The van der Waals surface area contributed by atoms with Gasteiger partial charge < -0.3 is 0 Å². The number of carbonyl (C=O) groups excluding carboxylic acids is 1. The normalized spacial score (nSPS) is 10.0. The van der Waals surface area contributed by atoms with Crippen LogP contribution >= 0.6 is 70.5 Å². The van der Waals surface area contributed by atoms with Gasteiger partial charge in [-0.15, -0.1) is 35.7 Å². The van der Waals surface area contributed by atoms with Gasteiger partial charge in [0.1, 0.15) is 5.78 Å². The average molecular weight is 528 g/mol. The lowest BCUT2D eigenvalue weighted by Crippen LogP contribution is -1.92. The molecule has 1 heterocycles. The van der Waals surface area contributed by atoms with Crippen LogP contribution in [0.2, 0.25) is 15.1 Å². The minimum atomic E-state index is 0.167. The molecule has 0 N–H and O–H groups in total. The summed E-state index contributed by atoms with van der Waals surface area (Å²) in [5, 5.41) is 5.69. The summed E-state index contributed by atoms with van der Waals surface area (Å²) < 4.78 is 1.20. The van der Waals surface area contributed by atoms with Crippen molar-refractivity contribution >= 4 is 86.4 Å². The van der Waals surface area contributed by atoms with E-state index >= 15 is 0 Å². The van der Waals surface area contributed by atoms with E-state index in [4.69, 9.17) is 34.8 Å². The number of Topliss-reactive ketones (excluding diaryl/α,β-unsaturated/α-hetero) is 1. The highest BCUT2D eigenvalue weighted by Crippen LogP contribution is 2.31. The minimum absolute atomic E-state index is 0.167. The van der Waals surface area contributed by atoms with Crippen molar-refractivity contribution in [1.29, 1.82) is 0 Å². The fourth-order valence-electron chi connectivity index (χ4n) is 2.34. The van der Waals surface area contributed by atoms with E-state index in [1.165, 1.54) is 27.4 Å². The molecule has 4 aromatic rings. The third-order valence-electron chi connectivity index (χ3n) is 3.87. The van der Waals surface area contributed by atoms with Crippen LogP contribution in [0.5, 0.6) is 0 Å². The van der Waals surface area contributed by atoms with E-state index in [9.17, 15) is 4.79 Å². The zero-order valence-electron chi connectivity index (χ0n) is 16.9. The van der Waals surface area contributed by atoms with Crippen molar-refractivity contribution in [3.8, 4) is 0 Å². The summed E-state index contributed by atoms with van der Waals surface area (Å²) in [6.45, 7) is 3.68. The lowest BCUT2D eigenvalue weighted by Gasteiger charge is -2.00. The van der Waals surface area contributed by atoms with Crippen molar-refractivity contribution in [2.45, 2.75) is 23.6 Å². The predicted octanol–water partition coefficient (Wildman–Crippen LogP) is 9.51. The van der Waals surface area contributed by atoms with E-state index in [0.717, 1.165) is 14.8 Å². The topological polar surface area (TPSA) is 17.1 Å². The first-order valence-electron chi connectivity index (χ1n) is 9.22. The molecule has 0 amide bonds. The summed E-state index contributed by atoms with van der Waals surface area (Å²) in [6, 6.07) is 21.0. The highest BCUT2D eigenvalue weighted by molar-refractivity contribution is 8.00. The monoisotopic (exact) mass is 526 g/mol. The van der Waals surface area contributed by atoms with Crippen LogP contribution < -0.4 is 0 Å². The highest BCUT2D eigenvalue weighted by atomic mass is 35.5. The number of thiophene rings is 1. The molecule has 0 saturated carbocycles. The van der Waals surface area contributed by atoms with Gasteiger partial charge in [0.25, 0.3) is 0 Å². The van der Waals surface area contributed by atoms with Crippen LogP contribution in [-0.4, -0.2) is 11.5 Å². The van der Waals surface area contributed by atoms with Crippen molar-refractivity contribution in [3.63, 3.8) is 0 Å². The number of halogens is 3. The largest absolute Gasteiger partial charge is 0.299 e. The molecule has 0 saturated heterocycles. The summed E-state index contributed by atoms with van der Waals surface area (Å²) in [5.41, 5.74) is 1.31. The van der Waals surface area contributed by atoms with Crippen LogP contribution in [0, 0.1) is 6.92 Å². The number of aryl methyl sites for hydroxylation is 1. The van der Waals surface area contributed by atoms with E-state index in [-0.39, 0.29) is 5.78 Å². The maximum atomic E-state index is 10.7. The number of hydrogen-bond acceptors (Lipinski definition) is 4. The number of fused-ring (bicyclic) bond motifs is 1. The Kier molecular flexibility index (Phi) is 11.3. The van der Waals surface area contributed by atoms with Crippen LogP contribution in [0.15, 0.2) is 81.9 Å². The fraction of sp³-hybridized carbons (Fsp3) is 0.125. The molecule has 31 heavy (non-hydrogen) atoms. The van der Waals surface area contributed by atoms with Gasteiger partial charge in [-0.1, -0.05) is 71.2 Å². The summed E-state index contributed by atoms with van der Waals surface area (Å²) >= 11 is 24.7. The first kappa shape index (κ1) is 26.1. The zero-order valence-corrected chi connectivity index (χ0v) is 21.7. The van der Waals surface area contributed by atoms with Crippen LogP contribution in [0.3, 0.4) is 0 Å². The Bertz CT molecular complexity index is 1120. The number of thiol groups is 1. The third-order valence-corrected chi connectivity index (χ3v) is 7.95. The smallest absolute Gasteiger partial charge is 0.140 e. The Morgan fingerprint density at radius 3 is 2.06 bits per heavy atom. The molecule has 1 aromatic heterocycles. The second-order valence-electron chi connectivity index (χ2n) is 6.41. The molecule has 0 bridgehead atoms. The number of ketones is 1. The van der Waals surface area contributed by atoms with Crippen LogP contribution in [0.1, 0.15) is 12.5 Å². The molecule has 0 spiro atoms. The Hall–Kier alpha value is -1.14. The molecular formula is C24H21Cl3OS3. The summed E-state index contributed by atoms with van der Waals surface area (Å²) in [6.07, 6.45) is 0. The Morgan fingerprint density at radius 1 is 0.903 bits per heavy atom. The van der Waals surface area contributed by atoms with Gasteiger partial charge in [0, 0.05) is 9.79 Å². The van der Waals surface area contributed by atoms with Gasteiger partial charge in [-0.2, -0.15) is 0 Å². The number of carbonyl (C=O) groups is 1. The molecule has 0 aliphatic carbocycles. The van der Waals surface area contributed by atoms with E-state index in [2.05, 4.69) is 31.0 Å². The minimum Gasteiger partial charge on any atom is -0.299 e. The van der Waals surface area contributed by atoms with Gasteiger partial charge in [-0.3, -0.25) is 4.79 Å². The molecule has 0 aliphatic rings. The lowest BCUT2D eigenvalue weighted by molar-refractivity contribution is -0.114. The fourth-order valence-corrected chi connectivity index (χ4v) is 4.94. The van der Waals surface area contributed by atoms with Crippen molar-refractivity contribution in [2.75, 3.05) is 5.75 Å². The molecule has 1 nitrogen and oxygen atoms in total. The number of benzene rings is 3. The quantitative estimate of drug-likeness (QED) is 0.211. The molecular weight excluding hydrogens is 507 g/mol. The summed E-state index contributed by atoms with van der Waals surface area (Å²) in [7, 11) is 0. The average Bonchev–Trinajstić information content (AvgIpc) is 3.13. The number of hydrogen-bond donors (Lipinski definition) is 1. The molecule has 0 aliphatic heterocycles. The molecule has 7 heteroatoms. The van der Waals surface area contributed by atoms with Gasteiger partial charge in [0.15, 0.2) is 0 Å². The van der Waals surface area contributed by atoms with Gasteiger partial charge >= 0.3 is 0 Å². The Balaban J connectivity index is 0.000000168. The summed E-state index contributed by atoms with van der Waals surface area (Å²) in [4.78, 5) is 12.5. The molecule has 4 rings (SSSR count). The van der Waals surface area contributed by atoms with Crippen molar-refractivity contribution < 1.29 is 4.79 Å². The third kappa shape index (κ3) is 8.72. The molecule has 0 radical (unpaired) electrons. The predicted molar refractivity (Wildman–Crippen MR) is 143 cm³/mol. The van der Waals surface area contributed by atoms with Gasteiger partial charge in [-0.05, 0) is 60.5 Å². The van der Waals surface area contributed by atoms with E-state index in [0.29, 0.717) is 15.8 Å². The van der Waals surface area contributed by atoms with E-state index < -0.39 is 0 Å². The van der Waals surface area contributed by atoms with Crippen molar-refractivity contribution in [2.24, 2.45) is 0 Å². The molecule has 0 atom stereocenters. The van der Waals surface area contributed by atoms with Gasteiger partial charge in [-0.25, -0.2) is 0 Å². The van der Waals surface area contributed by atoms with Crippen LogP contribution in [0.4, 0.5) is 0 Å². The standard InChI is InChI=1S/C9H9ClOS.C9H7ClS.C6H5ClS/c1-7(11)6-12-9-5-3-2-4-8(9)10;1-6-5-11-9-7(6)3-2-4-8(9)10;7-5-3-1-2-4-6(5)8/h2-5H,6H2,1H3;2-5H,1H3;1-4,8H. The van der Waals surface area contributed by atoms with Crippen LogP contribution in [0.25, 0.3) is 10.1 Å². The van der Waals surface area contributed by atoms with E-state index in [1.54, 1.807) is 18.3 Å². The second kappa shape index (κ2) is 13.4. The second-order valence-corrected chi connectivity index (χ2v) is 10.0. The zero-order chi connectivity index (χ0) is 22.8. The molecule has 162 valence electrons. The van der Waals surface area contributed by atoms with E-state index in [1.807, 2.05) is 60.7 Å². The Labute approximate surface area is 212 Å². The first-order chi connectivity index (χ1) is 14.8. The lowest BCUT2D eigenvalue weighted by atomic mass is 10.2. The van der Waals surface area contributed by atoms with Gasteiger partial charge in [0.05, 0.1) is 25.5 Å². The number of rotatable bonds is 3. The molecule has 3 aromatic carbocycles.